The molecule has 0 atom stereocenters. The van der Waals surface area contributed by atoms with Gasteiger partial charge in [0, 0.05) is 0 Å². The summed E-state index contributed by atoms with van der Waals surface area (Å²) in [6.07, 6.45) is 1.43. The summed E-state index contributed by atoms with van der Waals surface area (Å²) in [6, 6.07) is 0. The Hall–Kier alpha value is -0.400. The molecule has 0 rings (SSSR count). The fraction of sp³-hybridized carbons (Fsp3) is 0.667. The van der Waals surface area contributed by atoms with Gasteiger partial charge in [-0.2, -0.15) is 0 Å². The van der Waals surface area contributed by atoms with Crippen LogP contribution in [0.15, 0.2) is 4.99 Å². The number of alkyl halides is 1. The van der Waals surface area contributed by atoms with E-state index in [1.165, 1.54) is 6.21 Å². The van der Waals surface area contributed by atoms with Crippen LogP contribution in [-0.2, 0) is 0 Å². The molecule has 0 aliphatic rings. The number of nitrogens with zero attached hydrogens (tertiary/aromatic N) is 1. The first-order chi connectivity index (χ1) is 2.41. The van der Waals surface area contributed by atoms with Gasteiger partial charge >= 0.3 is 0 Å². The Morgan fingerprint density at radius 1 is 2.00 bits per heavy atom. The van der Waals surface area contributed by atoms with Crippen LogP contribution in [-0.4, -0.2) is 13.0 Å². The fourth-order valence-corrected chi connectivity index (χ4v) is 0.0690. The average Bonchev–Trinajstić information content (AvgIpc) is 1.41. The second-order valence-corrected chi connectivity index (χ2v) is 0.560. The van der Waals surface area contributed by atoms with Crippen molar-refractivity contribution < 1.29 is 4.39 Å². The minimum atomic E-state index is -0.587. The van der Waals surface area contributed by atoms with Gasteiger partial charge < -0.3 is 0 Å². The zero-order valence-corrected chi connectivity index (χ0v) is 3.11. The molecule has 30 valence electrons. The van der Waals surface area contributed by atoms with E-state index in [4.69, 9.17) is 0 Å². The third kappa shape index (κ3) is 3.60. The number of halogens is 1. The molecule has 0 unspecified atom stereocenters. The largest absolute Gasteiger partial charge is 0.264 e. The molecule has 2 heteroatoms. The normalized spacial score (nSPS) is 10.0. The van der Waals surface area contributed by atoms with Gasteiger partial charge in [-0.25, -0.2) is 4.39 Å². The van der Waals surface area contributed by atoms with Gasteiger partial charge in [0.15, 0.2) is 6.80 Å². The van der Waals surface area contributed by atoms with Crippen LogP contribution in [0.1, 0.15) is 6.92 Å². The summed E-state index contributed by atoms with van der Waals surface area (Å²) >= 11 is 0. The number of aliphatic imine (C=N–C) groups is 1. The fourth-order valence-electron chi connectivity index (χ4n) is 0.0690. The molecule has 0 aromatic rings. The highest BCUT2D eigenvalue weighted by Crippen LogP contribution is 1.62. The second kappa shape index (κ2) is 3.60. The van der Waals surface area contributed by atoms with E-state index in [0.717, 1.165) is 0 Å². The van der Waals surface area contributed by atoms with Crippen molar-refractivity contribution in [2.75, 3.05) is 6.80 Å². The van der Waals surface area contributed by atoms with Crippen molar-refractivity contribution in [1.29, 1.82) is 0 Å². The Morgan fingerprint density at radius 2 is 2.60 bits per heavy atom. The molecule has 1 nitrogen and oxygen atoms in total. The van der Waals surface area contributed by atoms with Crippen LogP contribution >= 0.6 is 0 Å². The van der Waals surface area contributed by atoms with Crippen molar-refractivity contribution in [3.05, 3.63) is 0 Å². The zero-order chi connectivity index (χ0) is 4.12. The van der Waals surface area contributed by atoms with Crippen molar-refractivity contribution in [3.8, 4) is 0 Å². The summed E-state index contributed by atoms with van der Waals surface area (Å²) < 4.78 is 10.8. The Kier molecular flexibility index (Phi) is 3.31. The van der Waals surface area contributed by atoms with Gasteiger partial charge in [0.1, 0.15) is 0 Å². The highest BCUT2D eigenvalue weighted by molar-refractivity contribution is 5.52. The summed E-state index contributed by atoms with van der Waals surface area (Å²) in [7, 11) is 0. The van der Waals surface area contributed by atoms with E-state index in [9.17, 15) is 4.39 Å². The first-order valence-electron chi connectivity index (χ1n) is 1.42. The van der Waals surface area contributed by atoms with Gasteiger partial charge in [-0.15, -0.1) is 0 Å². The van der Waals surface area contributed by atoms with E-state index in [0.29, 0.717) is 0 Å². The first kappa shape index (κ1) is 4.60. The van der Waals surface area contributed by atoms with Crippen LogP contribution in [0.3, 0.4) is 0 Å². The molecule has 0 aromatic heterocycles. The summed E-state index contributed by atoms with van der Waals surface area (Å²) in [6.45, 7) is 1.09. The molecule has 0 spiro atoms. The van der Waals surface area contributed by atoms with Gasteiger partial charge in [0.2, 0.25) is 0 Å². The lowest BCUT2D eigenvalue weighted by molar-refractivity contribution is 0.514. The van der Waals surface area contributed by atoms with Crippen LogP contribution in [0.5, 0.6) is 0 Å². The van der Waals surface area contributed by atoms with E-state index in [1.54, 1.807) is 6.92 Å². The maximum Gasteiger partial charge on any atom is 0.179 e. The van der Waals surface area contributed by atoms with E-state index in [-0.39, 0.29) is 0 Å². The lowest BCUT2D eigenvalue weighted by atomic mass is 10.9. The SMILES string of the molecule is C/C=N/CF. The van der Waals surface area contributed by atoms with Gasteiger partial charge in [0.05, 0.1) is 0 Å². The van der Waals surface area contributed by atoms with Crippen molar-refractivity contribution in [1.82, 2.24) is 0 Å². The Balaban J connectivity index is 2.62. The molecule has 0 fully saturated rings. The van der Waals surface area contributed by atoms with Crippen LogP contribution in [0, 0.1) is 0 Å². The van der Waals surface area contributed by atoms with Crippen LogP contribution in [0.4, 0.5) is 4.39 Å². The molecule has 0 heterocycles. The molecule has 0 saturated heterocycles. The number of hydrogen-bond acceptors (Lipinski definition) is 1. The lowest BCUT2D eigenvalue weighted by Crippen LogP contribution is -1.60. The molecule has 0 aromatic carbocycles. The molecule has 0 N–H and O–H groups in total. The molecule has 0 saturated carbocycles. The minimum Gasteiger partial charge on any atom is -0.264 e. The maximum atomic E-state index is 10.8. The van der Waals surface area contributed by atoms with Crippen molar-refractivity contribution in [2.24, 2.45) is 4.99 Å². The van der Waals surface area contributed by atoms with E-state index in [1.807, 2.05) is 0 Å². The van der Waals surface area contributed by atoms with Crippen molar-refractivity contribution >= 4 is 6.21 Å². The molecule has 5 heavy (non-hydrogen) atoms. The topological polar surface area (TPSA) is 12.4 Å². The molecule has 0 amide bonds. The molecule has 0 bridgehead atoms. The number of rotatable bonds is 1. The van der Waals surface area contributed by atoms with E-state index in [2.05, 4.69) is 4.99 Å². The lowest BCUT2D eigenvalue weighted by Gasteiger charge is -1.64. The molecular formula is C3H6FN. The van der Waals surface area contributed by atoms with Gasteiger partial charge in [0.25, 0.3) is 0 Å². The predicted molar refractivity (Wildman–Crippen MR) is 20.1 cm³/mol. The average molecular weight is 75.1 g/mol. The minimum absolute atomic E-state index is 0.587. The number of hydrogen-bond donors (Lipinski definition) is 0. The first-order valence-corrected chi connectivity index (χ1v) is 1.42. The Morgan fingerprint density at radius 3 is 2.60 bits per heavy atom. The van der Waals surface area contributed by atoms with Crippen LogP contribution < -0.4 is 0 Å². The summed E-state index contributed by atoms with van der Waals surface area (Å²) in [4.78, 5) is 3.18. The zero-order valence-electron chi connectivity index (χ0n) is 3.11. The molecule has 0 radical (unpaired) electrons. The van der Waals surface area contributed by atoms with Crippen LogP contribution in [0.2, 0.25) is 0 Å². The third-order valence-corrected chi connectivity index (χ3v) is 0.252. The van der Waals surface area contributed by atoms with Gasteiger partial charge in [-0.05, 0) is 13.1 Å². The summed E-state index contributed by atoms with van der Waals surface area (Å²) in [5.41, 5.74) is 0. The molecular weight excluding hydrogens is 69.0 g/mol. The molecule has 0 aliphatic carbocycles. The maximum absolute atomic E-state index is 10.8. The smallest absolute Gasteiger partial charge is 0.179 e. The quantitative estimate of drug-likeness (QED) is 0.325. The highest BCUT2D eigenvalue weighted by atomic mass is 19.1. The van der Waals surface area contributed by atoms with Crippen molar-refractivity contribution in [2.45, 2.75) is 6.92 Å². The van der Waals surface area contributed by atoms with Crippen molar-refractivity contribution in [3.63, 3.8) is 0 Å². The monoisotopic (exact) mass is 75.0 g/mol. The third-order valence-electron chi connectivity index (χ3n) is 0.252. The summed E-state index contributed by atoms with van der Waals surface area (Å²) in [5.74, 6) is 0. The van der Waals surface area contributed by atoms with E-state index >= 15 is 0 Å². The second-order valence-electron chi connectivity index (χ2n) is 0.560. The predicted octanol–water partition coefficient (Wildman–Crippen LogP) is 1.00. The highest BCUT2D eigenvalue weighted by Gasteiger charge is 1.54. The van der Waals surface area contributed by atoms with Gasteiger partial charge in [-0.1, -0.05) is 0 Å². The van der Waals surface area contributed by atoms with Gasteiger partial charge in [-0.3, -0.25) is 4.99 Å². The van der Waals surface area contributed by atoms with E-state index < -0.39 is 6.80 Å². The Labute approximate surface area is 30.5 Å². The standard InChI is InChI=1S/C3H6FN/c1-2-5-3-4/h2H,3H2,1H3/b5-2+. The Bertz CT molecular complexity index is 33.9. The van der Waals surface area contributed by atoms with Crippen LogP contribution in [0.25, 0.3) is 0 Å². The summed E-state index contributed by atoms with van der Waals surface area (Å²) in [5, 5.41) is 0. The molecule has 0 aliphatic heterocycles.